The van der Waals surface area contributed by atoms with Crippen molar-refractivity contribution in [3.05, 3.63) is 35.9 Å². The molecule has 3 nitrogen and oxygen atoms in total. The largest absolute Gasteiger partial charge is 0.372 e. The molecule has 0 N–H and O–H groups in total. The molecule has 1 aromatic carbocycles. The second-order valence-corrected chi connectivity index (χ2v) is 4.02. The number of carbonyl (C=O) groups is 1. The van der Waals surface area contributed by atoms with Crippen molar-refractivity contribution in [3.63, 3.8) is 0 Å². The van der Waals surface area contributed by atoms with Crippen molar-refractivity contribution in [1.29, 1.82) is 0 Å². The molecule has 0 saturated carbocycles. The molecule has 16 heavy (non-hydrogen) atoms. The van der Waals surface area contributed by atoms with Crippen molar-refractivity contribution in [1.82, 2.24) is 4.90 Å². The Morgan fingerprint density at radius 3 is 2.88 bits per heavy atom. The first kappa shape index (κ1) is 11.1. The number of carbonyl (C=O) groups excluding carboxylic acids is 1. The van der Waals surface area contributed by atoms with Crippen LogP contribution in [0.1, 0.15) is 12.0 Å². The normalized spacial score (nSPS) is 17.2. The average Bonchev–Trinajstić information content (AvgIpc) is 2.53. The van der Waals surface area contributed by atoms with Gasteiger partial charge in [-0.25, -0.2) is 0 Å². The molecule has 1 amide bonds. The predicted octanol–water partition coefficient (Wildman–Crippen LogP) is 1.48. The summed E-state index contributed by atoms with van der Waals surface area (Å²) >= 11 is 0. The van der Waals surface area contributed by atoms with Crippen molar-refractivity contribution in [2.75, 3.05) is 26.3 Å². The minimum Gasteiger partial charge on any atom is -0.372 e. The van der Waals surface area contributed by atoms with Gasteiger partial charge in [-0.3, -0.25) is 4.79 Å². The van der Waals surface area contributed by atoms with Gasteiger partial charge in [-0.05, 0) is 18.4 Å². The highest BCUT2D eigenvalue weighted by Gasteiger charge is 2.16. The first-order chi connectivity index (χ1) is 7.86. The molecule has 0 aliphatic carbocycles. The molecular formula is C13H17NO2. The van der Waals surface area contributed by atoms with Gasteiger partial charge in [0.15, 0.2) is 0 Å². The van der Waals surface area contributed by atoms with Crippen LogP contribution in [0, 0.1) is 0 Å². The van der Waals surface area contributed by atoms with Crippen LogP contribution in [-0.2, 0) is 16.0 Å². The molecular weight excluding hydrogens is 202 g/mol. The Morgan fingerprint density at radius 1 is 1.25 bits per heavy atom. The van der Waals surface area contributed by atoms with Crippen LogP contribution in [0.4, 0.5) is 0 Å². The minimum atomic E-state index is 0.119. The second-order valence-electron chi connectivity index (χ2n) is 4.02. The van der Waals surface area contributed by atoms with E-state index in [1.807, 2.05) is 23.1 Å². The molecule has 0 unspecified atom stereocenters. The van der Waals surface area contributed by atoms with E-state index in [0.29, 0.717) is 6.61 Å². The molecule has 0 spiro atoms. The van der Waals surface area contributed by atoms with Crippen molar-refractivity contribution < 1.29 is 9.53 Å². The van der Waals surface area contributed by atoms with E-state index in [4.69, 9.17) is 4.74 Å². The third kappa shape index (κ3) is 3.07. The number of rotatable bonds is 3. The summed E-state index contributed by atoms with van der Waals surface area (Å²) in [7, 11) is 0. The van der Waals surface area contributed by atoms with E-state index in [-0.39, 0.29) is 12.5 Å². The maximum absolute atomic E-state index is 11.6. The lowest BCUT2D eigenvalue weighted by atomic mass is 10.1. The lowest BCUT2D eigenvalue weighted by molar-refractivity contribution is -0.133. The minimum absolute atomic E-state index is 0.119. The Hall–Kier alpha value is -1.35. The van der Waals surface area contributed by atoms with Crippen LogP contribution >= 0.6 is 0 Å². The van der Waals surface area contributed by atoms with Gasteiger partial charge in [-0.2, -0.15) is 0 Å². The molecule has 1 heterocycles. The molecule has 1 aliphatic heterocycles. The Morgan fingerprint density at radius 2 is 2.06 bits per heavy atom. The number of nitrogens with zero attached hydrogens (tertiary/aromatic N) is 1. The molecule has 86 valence electrons. The van der Waals surface area contributed by atoms with Crippen LogP contribution in [0.5, 0.6) is 0 Å². The standard InChI is InChI=1S/C13H17NO2/c15-13-11-16-10-4-8-14(13)9-7-12-5-2-1-3-6-12/h1-3,5-6H,4,7-11H2. The van der Waals surface area contributed by atoms with Gasteiger partial charge >= 0.3 is 0 Å². The van der Waals surface area contributed by atoms with Crippen LogP contribution < -0.4 is 0 Å². The van der Waals surface area contributed by atoms with Gasteiger partial charge in [-0.15, -0.1) is 0 Å². The summed E-state index contributed by atoms with van der Waals surface area (Å²) in [4.78, 5) is 13.5. The van der Waals surface area contributed by atoms with E-state index < -0.39 is 0 Å². The van der Waals surface area contributed by atoms with Gasteiger partial charge in [0.2, 0.25) is 5.91 Å². The topological polar surface area (TPSA) is 29.5 Å². The fourth-order valence-corrected chi connectivity index (χ4v) is 1.88. The fraction of sp³-hybridized carbons (Fsp3) is 0.462. The Kier molecular flexibility index (Phi) is 3.94. The lowest BCUT2D eigenvalue weighted by Gasteiger charge is -2.19. The average molecular weight is 219 g/mol. The highest BCUT2D eigenvalue weighted by Crippen LogP contribution is 2.05. The summed E-state index contributed by atoms with van der Waals surface area (Å²) in [5.74, 6) is 0.119. The van der Waals surface area contributed by atoms with Gasteiger partial charge in [0.1, 0.15) is 6.61 Å². The Balaban J connectivity index is 1.86. The fourth-order valence-electron chi connectivity index (χ4n) is 1.88. The van der Waals surface area contributed by atoms with E-state index in [2.05, 4.69) is 12.1 Å². The summed E-state index contributed by atoms with van der Waals surface area (Å²) in [6.45, 7) is 2.57. The molecule has 1 fully saturated rings. The second kappa shape index (κ2) is 5.66. The summed E-state index contributed by atoms with van der Waals surface area (Å²) in [5.41, 5.74) is 1.28. The molecule has 0 radical (unpaired) electrons. The molecule has 1 saturated heterocycles. The number of amides is 1. The Bertz CT molecular complexity index is 337. The quantitative estimate of drug-likeness (QED) is 0.770. The molecule has 1 aromatic rings. The third-order valence-corrected chi connectivity index (χ3v) is 2.81. The van der Waals surface area contributed by atoms with E-state index in [0.717, 1.165) is 25.9 Å². The highest BCUT2D eigenvalue weighted by molar-refractivity contribution is 5.77. The van der Waals surface area contributed by atoms with E-state index in [9.17, 15) is 4.79 Å². The monoisotopic (exact) mass is 219 g/mol. The van der Waals surface area contributed by atoms with Gasteiger partial charge in [0, 0.05) is 19.7 Å². The van der Waals surface area contributed by atoms with E-state index in [1.165, 1.54) is 5.56 Å². The molecule has 0 aromatic heterocycles. The van der Waals surface area contributed by atoms with Crippen LogP contribution in [0.15, 0.2) is 30.3 Å². The van der Waals surface area contributed by atoms with Crippen LogP contribution in [-0.4, -0.2) is 37.1 Å². The maximum atomic E-state index is 11.6. The molecule has 0 bridgehead atoms. The first-order valence-electron chi connectivity index (χ1n) is 5.76. The molecule has 1 aliphatic rings. The molecule has 3 heteroatoms. The zero-order chi connectivity index (χ0) is 11.2. The number of ether oxygens (including phenoxy) is 1. The van der Waals surface area contributed by atoms with E-state index in [1.54, 1.807) is 0 Å². The SMILES string of the molecule is O=C1COCCCN1CCc1ccccc1. The predicted molar refractivity (Wildman–Crippen MR) is 62.2 cm³/mol. The third-order valence-electron chi connectivity index (χ3n) is 2.81. The summed E-state index contributed by atoms with van der Waals surface area (Å²) in [5, 5.41) is 0. The first-order valence-corrected chi connectivity index (χ1v) is 5.76. The van der Waals surface area contributed by atoms with Crippen molar-refractivity contribution in [3.8, 4) is 0 Å². The summed E-state index contributed by atoms with van der Waals surface area (Å²) < 4.78 is 5.20. The van der Waals surface area contributed by atoms with Crippen molar-refractivity contribution in [2.24, 2.45) is 0 Å². The number of benzene rings is 1. The maximum Gasteiger partial charge on any atom is 0.248 e. The summed E-state index contributed by atoms with van der Waals surface area (Å²) in [6, 6.07) is 10.3. The molecule has 2 rings (SSSR count). The highest BCUT2D eigenvalue weighted by atomic mass is 16.5. The number of hydrogen-bond donors (Lipinski definition) is 0. The van der Waals surface area contributed by atoms with E-state index >= 15 is 0 Å². The van der Waals surface area contributed by atoms with Crippen LogP contribution in [0.25, 0.3) is 0 Å². The van der Waals surface area contributed by atoms with Crippen molar-refractivity contribution >= 4 is 5.91 Å². The van der Waals surface area contributed by atoms with Crippen LogP contribution in [0.2, 0.25) is 0 Å². The smallest absolute Gasteiger partial charge is 0.248 e. The number of hydrogen-bond acceptors (Lipinski definition) is 2. The zero-order valence-electron chi connectivity index (χ0n) is 9.39. The lowest BCUT2D eigenvalue weighted by Crippen LogP contribution is -2.34. The van der Waals surface area contributed by atoms with Gasteiger partial charge < -0.3 is 9.64 Å². The zero-order valence-corrected chi connectivity index (χ0v) is 9.39. The van der Waals surface area contributed by atoms with Crippen molar-refractivity contribution in [2.45, 2.75) is 12.8 Å². The summed E-state index contributed by atoms with van der Waals surface area (Å²) in [6.07, 6.45) is 1.87. The van der Waals surface area contributed by atoms with Gasteiger partial charge in [0.05, 0.1) is 0 Å². The van der Waals surface area contributed by atoms with Crippen LogP contribution in [0.3, 0.4) is 0 Å². The van der Waals surface area contributed by atoms with Gasteiger partial charge in [0.25, 0.3) is 0 Å². The molecule has 0 atom stereocenters. The Labute approximate surface area is 96.0 Å². The van der Waals surface area contributed by atoms with Gasteiger partial charge in [-0.1, -0.05) is 30.3 Å².